The lowest BCUT2D eigenvalue weighted by molar-refractivity contribution is -0.137. The normalized spacial score (nSPS) is 17.4. The Bertz CT molecular complexity index is 428. The number of hydrogen-bond acceptors (Lipinski definition) is 4. The maximum Gasteiger partial charge on any atom is 0.263 e. The molecule has 1 N–H and O–H groups in total. The van der Waals surface area contributed by atoms with Gasteiger partial charge in [0.1, 0.15) is 5.75 Å². The van der Waals surface area contributed by atoms with E-state index in [1.807, 2.05) is 42.3 Å². The number of benzene rings is 1. The molecule has 2 rings (SSSR count). The highest BCUT2D eigenvalue weighted by atomic mass is 32.2. The molecule has 1 amide bonds. The largest absolute Gasteiger partial charge is 0.481 e. The predicted molar refractivity (Wildman–Crippen MR) is 82.4 cm³/mol. The highest BCUT2D eigenvalue weighted by Gasteiger charge is 2.22. The van der Waals surface area contributed by atoms with Gasteiger partial charge >= 0.3 is 0 Å². The first-order valence-electron chi connectivity index (χ1n) is 7.01. The number of rotatable bonds is 4. The zero-order chi connectivity index (χ0) is 14.4. The molecule has 1 fully saturated rings. The van der Waals surface area contributed by atoms with Crippen molar-refractivity contribution in [2.45, 2.75) is 24.3 Å². The molecule has 1 heterocycles. The van der Waals surface area contributed by atoms with Crippen molar-refractivity contribution in [3.63, 3.8) is 0 Å². The van der Waals surface area contributed by atoms with Gasteiger partial charge in [-0.15, -0.1) is 11.8 Å². The van der Waals surface area contributed by atoms with E-state index in [-0.39, 0.29) is 5.91 Å². The lowest BCUT2D eigenvalue weighted by Crippen LogP contribution is -2.42. The van der Waals surface area contributed by atoms with E-state index in [0.29, 0.717) is 0 Å². The maximum atomic E-state index is 12.3. The fourth-order valence-corrected chi connectivity index (χ4v) is 2.64. The number of hydrogen-bond donors (Lipinski definition) is 1. The molecule has 0 radical (unpaired) electrons. The smallest absolute Gasteiger partial charge is 0.263 e. The van der Waals surface area contributed by atoms with E-state index >= 15 is 0 Å². The zero-order valence-electron chi connectivity index (χ0n) is 12.1. The summed E-state index contributed by atoms with van der Waals surface area (Å²) in [6, 6.07) is 7.85. The van der Waals surface area contributed by atoms with E-state index in [2.05, 4.69) is 5.32 Å². The number of carbonyl (C=O) groups excluding carboxylic acids is 1. The van der Waals surface area contributed by atoms with Crippen LogP contribution in [-0.4, -0.2) is 49.3 Å². The zero-order valence-corrected chi connectivity index (χ0v) is 12.9. The monoisotopic (exact) mass is 294 g/mol. The van der Waals surface area contributed by atoms with Crippen LogP contribution in [0.2, 0.25) is 0 Å². The molecule has 0 aliphatic carbocycles. The van der Waals surface area contributed by atoms with E-state index in [1.165, 1.54) is 4.90 Å². The number of nitrogens with zero attached hydrogens (tertiary/aromatic N) is 1. The third-order valence-electron chi connectivity index (χ3n) is 3.37. The summed E-state index contributed by atoms with van der Waals surface area (Å²) in [5.74, 6) is 0.819. The lowest BCUT2D eigenvalue weighted by Gasteiger charge is -2.24. The van der Waals surface area contributed by atoms with Gasteiger partial charge in [-0.1, -0.05) is 0 Å². The van der Waals surface area contributed by atoms with E-state index < -0.39 is 6.10 Å². The Labute approximate surface area is 124 Å². The fourth-order valence-electron chi connectivity index (χ4n) is 2.23. The van der Waals surface area contributed by atoms with Crippen LogP contribution in [0.3, 0.4) is 0 Å². The molecule has 5 heteroatoms. The summed E-state index contributed by atoms with van der Waals surface area (Å²) in [6.45, 7) is 5.24. The Hall–Kier alpha value is -1.20. The summed E-state index contributed by atoms with van der Waals surface area (Å²) < 4.78 is 5.75. The summed E-state index contributed by atoms with van der Waals surface area (Å²) in [4.78, 5) is 15.4. The Morgan fingerprint density at radius 1 is 1.30 bits per heavy atom. The molecule has 0 bridgehead atoms. The van der Waals surface area contributed by atoms with Crippen LogP contribution in [0.5, 0.6) is 5.75 Å². The summed E-state index contributed by atoms with van der Waals surface area (Å²) in [6.07, 6.45) is 2.60. The summed E-state index contributed by atoms with van der Waals surface area (Å²) in [5, 5.41) is 3.30. The average molecular weight is 294 g/mol. The summed E-state index contributed by atoms with van der Waals surface area (Å²) >= 11 is 1.69. The highest BCUT2D eigenvalue weighted by molar-refractivity contribution is 7.98. The number of carbonyl (C=O) groups is 1. The van der Waals surface area contributed by atoms with Crippen molar-refractivity contribution in [3.05, 3.63) is 24.3 Å². The van der Waals surface area contributed by atoms with Gasteiger partial charge in [0.05, 0.1) is 0 Å². The maximum absolute atomic E-state index is 12.3. The van der Waals surface area contributed by atoms with E-state index in [1.54, 1.807) is 11.8 Å². The van der Waals surface area contributed by atoms with Crippen LogP contribution in [-0.2, 0) is 4.79 Å². The van der Waals surface area contributed by atoms with Gasteiger partial charge in [0.25, 0.3) is 5.91 Å². The van der Waals surface area contributed by atoms with Gasteiger partial charge in [-0.2, -0.15) is 0 Å². The standard InChI is InChI=1S/C15H22N2O2S/c1-12(15(18)17-10-3-8-16-9-11-17)19-13-4-6-14(20-2)7-5-13/h4-7,12,16H,3,8-11H2,1-2H3. The second kappa shape index (κ2) is 7.55. The molecule has 4 nitrogen and oxygen atoms in total. The quantitative estimate of drug-likeness (QED) is 0.863. The van der Waals surface area contributed by atoms with Crippen LogP contribution in [0.25, 0.3) is 0 Å². The summed E-state index contributed by atoms with van der Waals surface area (Å²) in [5.41, 5.74) is 0. The molecule has 1 aromatic rings. The molecule has 0 spiro atoms. The predicted octanol–water partition coefficient (Wildman–Crippen LogP) is 2.00. The van der Waals surface area contributed by atoms with Crippen molar-refractivity contribution >= 4 is 17.7 Å². The third kappa shape index (κ3) is 4.15. The molecule has 110 valence electrons. The highest BCUT2D eigenvalue weighted by Crippen LogP contribution is 2.20. The van der Waals surface area contributed by atoms with Crippen molar-refractivity contribution in [1.29, 1.82) is 0 Å². The molecule has 1 aliphatic heterocycles. The molecule has 1 atom stereocenters. The third-order valence-corrected chi connectivity index (χ3v) is 4.12. The molecule has 1 saturated heterocycles. The van der Waals surface area contributed by atoms with Crippen LogP contribution in [0.15, 0.2) is 29.2 Å². The minimum absolute atomic E-state index is 0.0719. The van der Waals surface area contributed by atoms with Gasteiger partial charge in [0.15, 0.2) is 6.10 Å². The molecule has 1 aliphatic rings. The first-order chi connectivity index (χ1) is 9.70. The van der Waals surface area contributed by atoms with E-state index in [9.17, 15) is 4.79 Å². The first kappa shape index (κ1) is 15.2. The molecule has 0 saturated carbocycles. The molecular formula is C15H22N2O2S. The van der Waals surface area contributed by atoms with Crippen LogP contribution in [0.4, 0.5) is 0 Å². The fraction of sp³-hybridized carbons (Fsp3) is 0.533. The number of ether oxygens (including phenoxy) is 1. The Balaban J connectivity index is 1.92. The topological polar surface area (TPSA) is 41.6 Å². The van der Waals surface area contributed by atoms with Gasteiger partial charge in [-0.25, -0.2) is 0 Å². The minimum atomic E-state index is -0.437. The van der Waals surface area contributed by atoms with Gasteiger partial charge in [0.2, 0.25) is 0 Å². The molecule has 20 heavy (non-hydrogen) atoms. The Morgan fingerprint density at radius 2 is 2.05 bits per heavy atom. The summed E-state index contributed by atoms with van der Waals surface area (Å²) in [7, 11) is 0. The molecule has 0 aromatic heterocycles. The van der Waals surface area contributed by atoms with Crippen LogP contribution in [0.1, 0.15) is 13.3 Å². The van der Waals surface area contributed by atoms with Crippen molar-refractivity contribution in [3.8, 4) is 5.75 Å². The van der Waals surface area contributed by atoms with Gasteiger partial charge < -0.3 is 15.0 Å². The number of nitrogens with one attached hydrogen (secondary N) is 1. The Morgan fingerprint density at radius 3 is 2.75 bits per heavy atom. The van der Waals surface area contributed by atoms with Gasteiger partial charge in [-0.05, 0) is 50.4 Å². The second-order valence-electron chi connectivity index (χ2n) is 4.86. The molecule has 1 unspecified atom stereocenters. The van der Waals surface area contributed by atoms with E-state index in [4.69, 9.17) is 4.74 Å². The number of thioether (sulfide) groups is 1. The SMILES string of the molecule is CSc1ccc(OC(C)C(=O)N2CCCNCC2)cc1. The lowest BCUT2D eigenvalue weighted by atomic mass is 10.3. The minimum Gasteiger partial charge on any atom is -0.481 e. The van der Waals surface area contributed by atoms with Gasteiger partial charge in [0, 0.05) is 24.5 Å². The van der Waals surface area contributed by atoms with Crippen molar-refractivity contribution in [2.24, 2.45) is 0 Å². The van der Waals surface area contributed by atoms with Crippen LogP contribution < -0.4 is 10.1 Å². The van der Waals surface area contributed by atoms with Crippen LogP contribution in [0, 0.1) is 0 Å². The van der Waals surface area contributed by atoms with Crippen LogP contribution >= 0.6 is 11.8 Å². The van der Waals surface area contributed by atoms with Gasteiger partial charge in [-0.3, -0.25) is 4.79 Å². The second-order valence-corrected chi connectivity index (χ2v) is 5.74. The first-order valence-corrected chi connectivity index (χ1v) is 8.23. The molecule has 1 aromatic carbocycles. The Kier molecular flexibility index (Phi) is 5.73. The average Bonchev–Trinajstić information content (AvgIpc) is 2.76. The van der Waals surface area contributed by atoms with Crippen molar-refractivity contribution in [2.75, 3.05) is 32.4 Å². The molecular weight excluding hydrogens is 272 g/mol. The van der Waals surface area contributed by atoms with Crippen molar-refractivity contribution in [1.82, 2.24) is 10.2 Å². The number of amides is 1. The van der Waals surface area contributed by atoms with Crippen molar-refractivity contribution < 1.29 is 9.53 Å². The van der Waals surface area contributed by atoms with E-state index in [0.717, 1.165) is 38.3 Å².